The molecule has 0 aliphatic heterocycles. The van der Waals surface area contributed by atoms with Gasteiger partial charge in [0.15, 0.2) is 0 Å². The van der Waals surface area contributed by atoms with Gasteiger partial charge in [-0.05, 0) is 7.05 Å². The molecule has 6 heavy (non-hydrogen) atoms. The molecule has 2 nitrogen and oxygen atoms in total. The molecule has 0 aromatic rings. The third kappa shape index (κ3) is 4.05. The number of nitrogens with one attached hydrogen (secondary N) is 1. The summed E-state index contributed by atoms with van der Waals surface area (Å²) in [5.41, 5.74) is 0. The van der Waals surface area contributed by atoms with Crippen LogP contribution >= 0.6 is 0 Å². The first kappa shape index (κ1) is 6.05. The van der Waals surface area contributed by atoms with Crippen LogP contribution in [-0.2, 0) is 0 Å². The Kier molecular flexibility index (Phi) is 3.27. The maximum atomic E-state index is 2.35. The van der Waals surface area contributed by atoms with Crippen molar-refractivity contribution < 1.29 is 9.95 Å². The van der Waals surface area contributed by atoms with E-state index in [4.69, 9.17) is 0 Å². The Labute approximate surface area is 40.6 Å². The zero-order valence-electron chi connectivity index (χ0n) is 4.08. The number of hydrogen-bond donors (Lipinski definition) is 2. The van der Waals surface area contributed by atoms with Crippen LogP contribution in [0.1, 0.15) is 0 Å². The molecule has 0 saturated carbocycles. The van der Waals surface area contributed by atoms with Gasteiger partial charge in [-0.15, -0.1) is 0 Å². The van der Waals surface area contributed by atoms with E-state index in [1.54, 1.807) is 0 Å². The van der Waals surface area contributed by atoms with Crippen molar-refractivity contribution in [1.82, 2.24) is 0 Å². The van der Waals surface area contributed by atoms with Crippen LogP contribution in [0.4, 0.5) is 0 Å². The minimum atomic E-state index is 0.361. The van der Waals surface area contributed by atoms with Gasteiger partial charge in [-0.2, -0.15) is 0 Å². The Morgan fingerprint density at radius 1 is 1.83 bits per heavy atom. The molecule has 0 rings (SSSR count). The molecule has 0 aromatic carbocycles. The van der Waals surface area contributed by atoms with Gasteiger partial charge in [-0.3, -0.25) is 0 Å². The Morgan fingerprint density at radius 2 is 2.33 bits per heavy atom. The SMILES string of the molecule is [BH3-][NH+](C)[BH2-][NH2+]C. The van der Waals surface area contributed by atoms with E-state index in [1.807, 2.05) is 4.72 Å². The lowest BCUT2D eigenvalue weighted by atomic mass is 10.1. The van der Waals surface area contributed by atoms with Crippen molar-refractivity contribution in [3.8, 4) is 0 Å². The second-order valence-electron chi connectivity index (χ2n) is 1.37. The highest BCUT2D eigenvalue weighted by Crippen LogP contribution is 0.933. The smallest absolute Gasteiger partial charge is 0.340 e. The van der Waals surface area contributed by atoms with E-state index in [0.29, 0.717) is 15.5 Å². The predicted molar refractivity (Wildman–Crippen MR) is 33.2 cm³/mol. The summed E-state index contributed by atoms with van der Waals surface area (Å²) in [6.07, 6.45) is 0. The number of nitrogens with two attached hydrogens (primary N) is 1. The molecule has 1 unspecified atom stereocenters. The topological polar surface area (TPSA) is 21.1 Å². The second-order valence-corrected chi connectivity index (χ2v) is 1.37. The van der Waals surface area contributed by atoms with Gasteiger partial charge < -0.3 is 9.95 Å². The molecule has 1 atom stereocenters. The van der Waals surface area contributed by atoms with Gasteiger partial charge in [0.05, 0.1) is 0 Å². The molecular formula is C2H14B2N2. The van der Waals surface area contributed by atoms with Crippen molar-refractivity contribution in [2.45, 2.75) is 0 Å². The van der Waals surface area contributed by atoms with Crippen LogP contribution in [0.3, 0.4) is 0 Å². The van der Waals surface area contributed by atoms with Gasteiger partial charge in [0.1, 0.15) is 7.98 Å². The van der Waals surface area contributed by atoms with Gasteiger partial charge in [-0.1, -0.05) is 0 Å². The molecule has 0 aliphatic carbocycles. The van der Waals surface area contributed by atoms with E-state index >= 15 is 0 Å². The third-order valence-electron chi connectivity index (χ3n) is 0.577. The fraction of sp³-hybridized carbons (Fsp3) is 1.00. The molecular weight excluding hydrogens is 73.7 g/mol. The van der Waals surface area contributed by atoms with E-state index in [1.165, 1.54) is 0 Å². The fourth-order valence-corrected chi connectivity index (χ4v) is 0.289. The Hall–Kier alpha value is 0.0499. The zero-order valence-corrected chi connectivity index (χ0v) is 4.08. The van der Waals surface area contributed by atoms with E-state index in [0.717, 1.165) is 0 Å². The average molecular weight is 87.8 g/mol. The first-order valence-corrected chi connectivity index (χ1v) is 2.15. The molecule has 38 valence electrons. The molecule has 4 heteroatoms. The summed E-state index contributed by atoms with van der Waals surface area (Å²) in [6, 6.07) is 0. The largest absolute Gasteiger partial charge is 0.691 e. The van der Waals surface area contributed by atoms with Crippen molar-refractivity contribution in [3.63, 3.8) is 0 Å². The van der Waals surface area contributed by atoms with Gasteiger partial charge in [0, 0.05) is 7.05 Å². The lowest BCUT2D eigenvalue weighted by molar-refractivity contribution is -0.695. The highest BCUT2D eigenvalue weighted by Gasteiger charge is 1.75. The maximum Gasteiger partial charge on any atom is 0.340 e. The fourth-order valence-electron chi connectivity index (χ4n) is 0.289. The van der Waals surface area contributed by atoms with Crippen LogP contribution in [0.25, 0.3) is 0 Å². The summed E-state index contributed by atoms with van der Waals surface area (Å²) in [5, 5.41) is 2.35. The summed E-state index contributed by atoms with van der Waals surface area (Å²) in [4.78, 5) is 0. The third-order valence-corrected chi connectivity index (χ3v) is 0.577. The van der Waals surface area contributed by atoms with Crippen LogP contribution in [0, 0.1) is 0 Å². The van der Waals surface area contributed by atoms with Crippen LogP contribution in [0.2, 0.25) is 0 Å². The van der Waals surface area contributed by atoms with Crippen LogP contribution in [-0.4, -0.2) is 29.6 Å². The Bertz CT molecular complexity index is 30.7. The summed E-state index contributed by atoms with van der Waals surface area (Å²) in [5.74, 6) is 0. The number of quaternary nitrogens is 2. The Balaban J connectivity index is 2.63. The molecule has 0 saturated heterocycles. The molecule has 0 spiro atoms. The van der Waals surface area contributed by atoms with E-state index in [9.17, 15) is 0 Å². The molecule has 0 heterocycles. The molecule has 0 fully saturated rings. The van der Waals surface area contributed by atoms with E-state index < -0.39 is 0 Å². The predicted octanol–water partition coefficient (Wildman–Crippen LogP) is -5.03. The first-order chi connectivity index (χ1) is 2.77. The Morgan fingerprint density at radius 3 is 2.33 bits per heavy atom. The molecule has 3 N–H and O–H groups in total. The average Bonchev–Trinajstić information content (AvgIpc) is 1.35. The number of hydrogen-bond acceptors (Lipinski definition) is 0. The standard InChI is InChI=1S/C2H14B2N2/c1-5-4-6(2)3/h6H,4-5H2,1-3H3. The van der Waals surface area contributed by atoms with Crippen molar-refractivity contribution in [1.29, 1.82) is 0 Å². The minimum absolute atomic E-state index is 0.361. The molecule has 0 bridgehead atoms. The van der Waals surface area contributed by atoms with Crippen molar-refractivity contribution in [2.75, 3.05) is 14.1 Å². The van der Waals surface area contributed by atoms with E-state index in [-0.39, 0.29) is 0 Å². The van der Waals surface area contributed by atoms with Gasteiger partial charge in [0.2, 0.25) is 0 Å². The zero-order chi connectivity index (χ0) is 4.99. The summed E-state index contributed by atoms with van der Waals surface area (Å²) >= 11 is 0. The van der Waals surface area contributed by atoms with Crippen LogP contribution in [0.15, 0.2) is 0 Å². The number of rotatable bonds is 2. The van der Waals surface area contributed by atoms with Gasteiger partial charge in [0.25, 0.3) is 0 Å². The highest BCUT2D eigenvalue weighted by atomic mass is 15.0. The van der Waals surface area contributed by atoms with Gasteiger partial charge >= 0.3 is 7.55 Å². The van der Waals surface area contributed by atoms with Crippen LogP contribution in [0.5, 0.6) is 0 Å². The molecule has 0 aromatic heterocycles. The maximum absolute atomic E-state index is 2.35. The normalized spacial score (nSPS) is 14.5. The minimum Gasteiger partial charge on any atom is -0.691 e. The summed E-state index contributed by atoms with van der Waals surface area (Å²) in [6.45, 7) is 0. The lowest BCUT2D eigenvalue weighted by Crippen LogP contribution is -3.21. The lowest BCUT2D eigenvalue weighted by Gasteiger charge is -2.17. The van der Waals surface area contributed by atoms with E-state index in [2.05, 4.69) is 19.3 Å². The first-order valence-electron chi connectivity index (χ1n) is 2.15. The highest BCUT2D eigenvalue weighted by molar-refractivity contribution is 6.20. The molecule has 0 aliphatic rings. The molecule has 0 radical (unpaired) electrons. The summed E-state index contributed by atoms with van der Waals surface area (Å²) < 4.78 is 1.86. The van der Waals surface area contributed by atoms with Gasteiger partial charge in [-0.25, -0.2) is 0 Å². The van der Waals surface area contributed by atoms with Crippen molar-refractivity contribution in [3.05, 3.63) is 0 Å². The monoisotopic (exact) mass is 88.1 g/mol. The summed E-state index contributed by atoms with van der Waals surface area (Å²) in [7, 11) is 5.46. The molecule has 0 amide bonds. The second kappa shape index (κ2) is 3.25. The quantitative estimate of drug-likeness (QED) is 0.315. The van der Waals surface area contributed by atoms with Crippen molar-refractivity contribution >= 4 is 15.5 Å². The van der Waals surface area contributed by atoms with Crippen LogP contribution < -0.4 is 9.95 Å². The van der Waals surface area contributed by atoms with Crippen molar-refractivity contribution in [2.24, 2.45) is 0 Å².